The first-order valence-electron chi connectivity index (χ1n) is 8.72. The maximum Gasteiger partial charge on any atom is 0.254 e. The SMILES string of the molecule is Cc1nc(CSc2ccccc2C(=O)N2CCCC(C(C)N)C2)cs1. The Hall–Kier alpha value is -1.37. The van der Waals surface area contributed by atoms with Crippen molar-refractivity contribution in [1.29, 1.82) is 0 Å². The van der Waals surface area contributed by atoms with Crippen molar-refractivity contribution < 1.29 is 4.79 Å². The summed E-state index contributed by atoms with van der Waals surface area (Å²) < 4.78 is 0. The number of nitrogens with zero attached hydrogens (tertiary/aromatic N) is 2. The fourth-order valence-corrected chi connectivity index (χ4v) is 4.84. The number of carbonyl (C=O) groups excluding carboxylic acids is 1. The number of hydrogen-bond donors (Lipinski definition) is 1. The third-order valence-corrected chi connectivity index (χ3v) is 6.58. The molecule has 0 radical (unpaired) electrons. The molecule has 1 aliphatic heterocycles. The molecule has 2 heterocycles. The molecule has 4 nitrogen and oxygen atoms in total. The molecule has 25 heavy (non-hydrogen) atoms. The number of likely N-dealkylation sites (tertiary alicyclic amines) is 1. The van der Waals surface area contributed by atoms with Crippen LogP contribution in [-0.4, -0.2) is 34.9 Å². The molecule has 1 fully saturated rings. The zero-order valence-electron chi connectivity index (χ0n) is 14.8. The van der Waals surface area contributed by atoms with E-state index in [4.69, 9.17) is 5.73 Å². The van der Waals surface area contributed by atoms with E-state index in [1.807, 2.05) is 43.0 Å². The van der Waals surface area contributed by atoms with Gasteiger partial charge in [0.2, 0.25) is 0 Å². The van der Waals surface area contributed by atoms with E-state index in [0.717, 1.165) is 52.8 Å². The van der Waals surface area contributed by atoms with E-state index < -0.39 is 0 Å². The zero-order chi connectivity index (χ0) is 17.8. The zero-order valence-corrected chi connectivity index (χ0v) is 16.4. The van der Waals surface area contributed by atoms with Crippen LogP contribution in [0, 0.1) is 12.8 Å². The highest BCUT2D eigenvalue weighted by Crippen LogP contribution is 2.29. The molecular weight excluding hydrogens is 350 g/mol. The summed E-state index contributed by atoms with van der Waals surface area (Å²) in [5, 5.41) is 3.17. The predicted octanol–water partition coefficient (Wildman–Crippen LogP) is 3.94. The van der Waals surface area contributed by atoms with E-state index in [1.165, 1.54) is 0 Å². The van der Waals surface area contributed by atoms with Crippen molar-refractivity contribution in [3.05, 3.63) is 45.9 Å². The van der Waals surface area contributed by atoms with Gasteiger partial charge >= 0.3 is 0 Å². The number of hydrogen-bond acceptors (Lipinski definition) is 5. The van der Waals surface area contributed by atoms with E-state index >= 15 is 0 Å². The van der Waals surface area contributed by atoms with Gasteiger partial charge in [0.05, 0.1) is 16.3 Å². The molecule has 1 aromatic heterocycles. The first-order chi connectivity index (χ1) is 12.0. The topological polar surface area (TPSA) is 59.2 Å². The summed E-state index contributed by atoms with van der Waals surface area (Å²) in [6, 6.07) is 8.04. The highest BCUT2D eigenvalue weighted by Gasteiger charge is 2.27. The molecule has 2 atom stereocenters. The van der Waals surface area contributed by atoms with Crippen molar-refractivity contribution in [3.63, 3.8) is 0 Å². The van der Waals surface area contributed by atoms with Crippen LogP contribution in [0.3, 0.4) is 0 Å². The second-order valence-electron chi connectivity index (χ2n) is 6.66. The van der Waals surface area contributed by atoms with E-state index in [-0.39, 0.29) is 11.9 Å². The number of aromatic nitrogens is 1. The summed E-state index contributed by atoms with van der Waals surface area (Å²) in [5.41, 5.74) is 7.93. The van der Waals surface area contributed by atoms with Gasteiger partial charge in [-0.25, -0.2) is 4.98 Å². The standard InChI is InChI=1S/C19H25N3OS2/c1-13(20)15-6-5-9-22(10-15)19(23)17-7-3-4-8-18(17)25-12-16-11-24-14(2)21-16/h3-4,7-8,11,13,15H,5-6,9-10,12,20H2,1-2H3. The third kappa shape index (κ3) is 4.63. The molecule has 1 aliphatic rings. The lowest BCUT2D eigenvalue weighted by molar-refractivity contribution is 0.0657. The van der Waals surface area contributed by atoms with E-state index in [9.17, 15) is 4.79 Å². The molecule has 6 heteroatoms. The second kappa shape index (κ2) is 8.34. The highest BCUT2D eigenvalue weighted by atomic mass is 32.2. The smallest absolute Gasteiger partial charge is 0.254 e. The van der Waals surface area contributed by atoms with Gasteiger partial charge in [-0.1, -0.05) is 12.1 Å². The number of aryl methyl sites for hydroxylation is 1. The summed E-state index contributed by atoms with van der Waals surface area (Å²) in [4.78, 5) is 20.6. The number of nitrogens with two attached hydrogens (primary N) is 1. The summed E-state index contributed by atoms with van der Waals surface area (Å²) >= 11 is 3.35. The Balaban J connectivity index is 1.72. The summed E-state index contributed by atoms with van der Waals surface area (Å²) in [6.45, 7) is 5.65. The fraction of sp³-hybridized carbons (Fsp3) is 0.474. The van der Waals surface area contributed by atoms with Crippen LogP contribution in [0.2, 0.25) is 0 Å². The lowest BCUT2D eigenvalue weighted by atomic mass is 9.92. The number of thioether (sulfide) groups is 1. The molecule has 2 unspecified atom stereocenters. The van der Waals surface area contributed by atoms with Crippen molar-refractivity contribution in [1.82, 2.24) is 9.88 Å². The van der Waals surface area contributed by atoms with Gasteiger partial charge in [0.1, 0.15) is 0 Å². The van der Waals surface area contributed by atoms with Crippen LogP contribution in [0.4, 0.5) is 0 Å². The normalized spacial score (nSPS) is 19.0. The summed E-state index contributed by atoms with van der Waals surface area (Å²) in [6.07, 6.45) is 2.15. The van der Waals surface area contributed by atoms with Crippen LogP contribution in [0.5, 0.6) is 0 Å². The Bertz CT molecular complexity index is 729. The number of piperidine rings is 1. The van der Waals surface area contributed by atoms with E-state index in [1.54, 1.807) is 23.1 Å². The first kappa shape index (κ1) is 18.4. The third-order valence-electron chi connectivity index (χ3n) is 4.65. The first-order valence-corrected chi connectivity index (χ1v) is 10.6. The molecule has 1 amide bonds. The van der Waals surface area contributed by atoms with Gasteiger partial charge in [-0.15, -0.1) is 23.1 Å². The molecule has 1 saturated heterocycles. The average molecular weight is 376 g/mol. The molecule has 0 bridgehead atoms. The molecule has 0 spiro atoms. The minimum Gasteiger partial charge on any atom is -0.338 e. The quantitative estimate of drug-likeness (QED) is 0.804. The van der Waals surface area contributed by atoms with Gasteiger partial charge in [-0.05, 0) is 44.7 Å². The largest absolute Gasteiger partial charge is 0.338 e. The number of benzene rings is 1. The average Bonchev–Trinajstić information content (AvgIpc) is 3.05. The molecule has 2 aromatic rings. The van der Waals surface area contributed by atoms with Crippen molar-refractivity contribution in [3.8, 4) is 0 Å². The predicted molar refractivity (Wildman–Crippen MR) is 105 cm³/mol. The number of carbonyl (C=O) groups is 1. The van der Waals surface area contributed by atoms with Gasteiger partial charge in [0.15, 0.2) is 0 Å². The highest BCUT2D eigenvalue weighted by molar-refractivity contribution is 7.98. The van der Waals surface area contributed by atoms with Gasteiger partial charge in [-0.2, -0.15) is 0 Å². The Kier molecular flexibility index (Phi) is 6.15. The summed E-state index contributed by atoms with van der Waals surface area (Å²) in [5.74, 6) is 1.32. The van der Waals surface area contributed by atoms with Gasteiger partial charge < -0.3 is 10.6 Å². The molecule has 0 aliphatic carbocycles. The molecule has 1 aromatic carbocycles. The molecular formula is C19H25N3OS2. The summed E-state index contributed by atoms with van der Waals surface area (Å²) in [7, 11) is 0. The monoisotopic (exact) mass is 375 g/mol. The molecule has 2 N–H and O–H groups in total. The van der Waals surface area contributed by atoms with Crippen LogP contribution >= 0.6 is 23.1 Å². The lowest BCUT2D eigenvalue weighted by Gasteiger charge is -2.35. The van der Waals surface area contributed by atoms with E-state index in [2.05, 4.69) is 10.4 Å². The maximum absolute atomic E-state index is 13.1. The van der Waals surface area contributed by atoms with Crippen LogP contribution in [0.25, 0.3) is 0 Å². The number of amides is 1. The van der Waals surface area contributed by atoms with Gasteiger partial charge in [-0.3, -0.25) is 4.79 Å². The maximum atomic E-state index is 13.1. The Morgan fingerprint density at radius 1 is 1.48 bits per heavy atom. The molecule has 0 saturated carbocycles. The fourth-order valence-electron chi connectivity index (χ4n) is 3.19. The second-order valence-corrected chi connectivity index (χ2v) is 8.73. The molecule has 134 valence electrons. The van der Waals surface area contributed by atoms with Crippen molar-refractivity contribution in [2.24, 2.45) is 11.7 Å². The number of rotatable bonds is 5. The van der Waals surface area contributed by atoms with Crippen LogP contribution in [0.15, 0.2) is 34.5 Å². The Labute approximate surface area is 157 Å². The van der Waals surface area contributed by atoms with Crippen LogP contribution in [-0.2, 0) is 5.75 Å². The van der Waals surface area contributed by atoms with Crippen molar-refractivity contribution in [2.45, 2.75) is 43.4 Å². The minimum atomic E-state index is 0.128. The Morgan fingerprint density at radius 2 is 2.28 bits per heavy atom. The van der Waals surface area contributed by atoms with Gasteiger partial charge in [0.25, 0.3) is 5.91 Å². The Morgan fingerprint density at radius 3 is 3.00 bits per heavy atom. The van der Waals surface area contributed by atoms with Crippen LogP contribution in [0.1, 0.15) is 40.8 Å². The van der Waals surface area contributed by atoms with Gasteiger partial charge in [0, 0.05) is 35.2 Å². The van der Waals surface area contributed by atoms with Crippen molar-refractivity contribution in [2.75, 3.05) is 13.1 Å². The van der Waals surface area contributed by atoms with Crippen molar-refractivity contribution >= 4 is 29.0 Å². The number of thiazole rings is 1. The molecule has 3 rings (SSSR count). The van der Waals surface area contributed by atoms with Crippen LogP contribution < -0.4 is 5.73 Å². The van der Waals surface area contributed by atoms with E-state index in [0.29, 0.717) is 5.92 Å². The lowest BCUT2D eigenvalue weighted by Crippen LogP contribution is -2.45. The minimum absolute atomic E-state index is 0.128.